The summed E-state index contributed by atoms with van der Waals surface area (Å²) < 4.78 is 11.5. The first-order valence-electron chi connectivity index (χ1n) is 10.7. The number of aryl methyl sites for hydroxylation is 1. The van der Waals surface area contributed by atoms with Crippen LogP contribution >= 0.6 is 0 Å². The smallest absolute Gasteiger partial charge is 0.229 e. The highest BCUT2D eigenvalue weighted by Gasteiger charge is 2.27. The van der Waals surface area contributed by atoms with E-state index in [-0.39, 0.29) is 12.2 Å². The van der Waals surface area contributed by atoms with E-state index in [4.69, 9.17) is 24.4 Å². The molecule has 1 aromatic carbocycles. The van der Waals surface area contributed by atoms with E-state index in [0.29, 0.717) is 24.8 Å². The number of nitrogens with one attached hydrogen (secondary N) is 1. The summed E-state index contributed by atoms with van der Waals surface area (Å²) in [5.74, 6) is 2.44. The van der Waals surface area contributed by atoms with Gasteiger partial charge < -0.3 is 24.3 Å². The summed E-state index contributed by atoms with van der Waals surface area (Å²) >= 11 is 0. The second-order valence-corrected chi connectivity index (χ2v) is 8.21. The highest BCUT2D eigenvalue weighted by molar-refractivity contribution is 5.87. The van der Waals surface area contributed by atoms with Gasteiger partial charge in [0.15, 0.2) is 11.5 Å². The molecule has 30 heavy (non-hydrogen) atoms. The van der Waals surface area contributed by atoms with Gasteiger partial charge in [-0.1, -0.05) is 24.3 Å². The van der Waals surface area contributed by atoms with Crippen LogP contribution in [-0.2, 0) is 9.47 Å². The van der Waals surface area contributed by atoms with Crippen LogP contribution in [0.1, 0.15) is 19.4 Å². The minimum atomic E-state index is 0.140. The number of morpholine rings is 2. The van der Waals surface area contributed by atoms with Gasteiger partial charge in [0.25, 0.3) is 0 Å². The maximum absolute atomic E-state index is 5.90. The van der Waals surface area contributed by atoms with Crippen molar-refractivity contribution < 1.29 is 9.47 Å². The van der Waals surface area contributed by atoms with Crippen LogP contribution in [0.2, 0.25) is 0 Å². The predicted molar refractivity (Wildman–Crippen MR) is 117 cm³/mol. The monoisotopic (exact) mass is 408 g/mol. The van der Waals surface area contributed by atoms with Crippen LogP contribution in [0.15, 0.2) is 24.3 Å². The lowest BCUT2D eigenvalue weighted by atomic mass is 10.1. The Hall–Kier alpha value is -2.71. The van der Waals surface area contributed by atoms with Crippen molar-refractivity contribution in [1.29, 1.82) is 0 Å². The van der Waals surface area contributed by atoms with E-state index in [2.05, 4.69) is 47.7 Å². The summed E-state index contributed by atoms with van der Waals surface area (Å²) in [6.45, 7) is 10.8. The lowest BCUT2D eigenvalue weighted by Crippen LogP contribution is -2.46. The number of fused-ring (bicyclic) bond motifs is 1. The maximum Gasteiger partial charge on any atom is 0.229 e. The molecule has 3 aromatic rings. The minimum Gasteiger partial charge on any atom is -0.378 e. The van der Waals surface area contributed by atoms with Crippen molar-refractivity contribution in [3.63, 3.8) is 0 Å². The van der Waals surface area contributed by atoms with Gasteiger partial charge in [0.05, 0.1) is 25.4 Å². The topological polar surface area (TPSA) is 79.4 Å². The summed E-state index contributed by atoms with van der Waals surface area (Å²) in [4.78, 5) is 22.7. The lowest BCUT2D eigenvalue weighted by molar-refractivity contribution is -0.00570. The molecule has 0 spiro atoms. The molecule has 4 heterocycles. The molecule has 8 heteroatoms. The first kappa shape index (κ1) is 19.3. The zero-order valence-electron chi connectivity index (χ0n) is 17.8. The van der Waals surface area contributed by atoms with Gasteiger partial charge in [0, 0.05) is 31.7 Å². The van der Waals surface area contributed by atoms with Crippen molar-refractivity contribution in [1.82, 2.24) is 19.9 Å². The number of benzene rings is 1. The van der Waals surface area contributed by atoms with Gasteiger partial charge in [-0.3, -0.25) is 0 Å². The largest absolute Gasteiger partial charge is 0.378 e. The first-order valence-corrected chi connectivity index (χ1v) is 10.7. The van der Waals surface area contributed by atoms with Gasteiger partial charge in [-0.25, -0.2) is 4.98 Å². The zero-order valence-corrected chi connectivity index (χ0v) is 17.8. The number of hydrogen-bond donors (Lipinski definition) is 1. The highest BCUT2D eigenvalue weighted by Crippen LogP contribution is 2.30. The molecular weight excluding hydrogens is 380 g/mol. The van der Waals surface area contributed by atoms with Gasteiger partial charge in [0.2, 0.25) is 5.95 Å². The zero-order chi connectivity index (χ0) is 20.7. The Morgan fingerprint density at radius 1 is 0.967 bits per heavy atom. The summed E-state index contributed by atoms with van der Waals surface area (Å²) in [6, 6.07) is 8.26. The second-order valence-electron chi connectivity index (χ2n) is 8.21. The average Bonchev–Trinajstić information content (AvgIpc) is 3.17. The third kappa shape index (κ3) is 3.61. The van der Waals surface area contributed by atoms with Crippen molar-refractivity contribution in [3.05, 3.63) is 29.8 Å². The third-order valence-electron chi connectivity index (χ3n) is 5.73. The normalized spacial score (nSPS) is 22.6. The number of aromatic nitrogens is 4. The molecule has 2 aliphatic rings. The van der Waals surface area contributed by atoms with E-state index < -0.39 is 0 Å². The molecular formula is C22H28N6O2. The van der Waals surface area contributed by atoms with Gasteiger partial charge in [0.1, 0.15) is 11.3 Å². The predicted octanol–water partition coefficient (Wildman–Crippen LogP) is 2.78. The van der Waals surface area contributed by atoms with Crippen LogP contribution in [0.5, 0.6) is 0 Å². The molecule has 0 radical (unpaired) electrons. The molecule has 5 rings (SSSR count). The Bertz CT molecular complexity index is 1040. The number of ether oxygens (including phenoxy) is 2. The minimum absolute atomic E-state index is 0.140. The number of nitrogens with zero attached hydrogens (tertiary/aromatic N) is 5. The molecule has 2 fully saturated rings. The molecule has 2 atom stereocenters. The Labute approximate surface area is 176 Å². The number of imidazole rings is 1. The Balaban J connectivity index is 1.62. The molecule has 0 bridgehead atoms. The summed E-state index contributed by atoms with van der Waals surface area (Å²) in [5.41, 5.74) is 3.84. The fourth-order valence-corrected chi connectivity index (χ4v) is 4.32. The standard InChI is InChI=1S/C22H28N6O2/c1-14-6-4-5-7-17(14)19-23-18-20(24-19)25-22(28-12-15(2)30-16(3)13-28)26-21(18)27-8-10-29-11-9-27/h4-7,15-16H,8-13H2,1-3H3,(H,23,24,25,26)/t15-,16+. The Kier molecular flexibility index (Phi) is 5.04. The molecule has 158 valence electrons. The molecule has 2 aliphatic heterocycles. The van der Waals surface area contributed by atoms with Crippen molar-refractivity contribution in [2.24, 2.45) is 0 Å². The number of aromatic amines is 1. The summed E-state index contributed by atoms with van der Waals surface area (Å²) in [6.07, 6.45) is 0.281. The van der Waals surface area contributed by atoms with Gasteiger partial charge in [-0.05, 0) is 26.3 Å². The van der Waals surface area contributed by atoms with Crippen LogP contribution in [0, 0.1) is 6.92 Å². The molecule has 0 aliphatic carbocycles. The molecule has 0 amide bonds. The van der Waals surface area contributed by atoms with Crippen LogP contribution < -0.4 is 9.80 Å². The molecule has 0 saturated carbocycles. The van der Waals surface area contributed by atoms with E-state index in [1.807, 2.05) is 12.1 Å². The second kappa shape index (κ2) is 7.85. The quantitative estimate of drug-likeness (QED) is 0.714. The molecule has 2 saturated heterocycles. The molecule has 2 aromatic heterocycles. The Morgan fingerprint density at radius 3 is 2.43 bits per heavy atom. The maximum atomic E-state index is 5.90. The van der Waals surface area contributed by atoms with Crippen molar-refractivity contribution in [3.8, 4) is 11.4 Å². The third-order valence-corrected chi connectivity index (χ3v) is 5.73. The van der Waals surface area contributed by atoms with Crippen LogP contribution in [0.4, 0.5) is 11.8 Å². The fourth-order valence-electron chi connectivity index (χ4n) is 4.32. The summed E-state index contributed by atoms with van der Waals surface area (Å²) in [5, 5.41) is 0. The molecule has 1 N–H and O–H groups in total. The van der Waals surface area contributed by atoms with E-state index in [1.54, 1.807) is 0 Å². The SMILES string of the molecule is Cc1ccccc1-c1nc2nc(N3C[C@@H](C)O[C@@H](C)C3)nc(N3CCOCC3)c2[nH]1. The lowest BCUT2D eigenvalue weighted by Gasteiger charge is -2.36. The Morgan fingerprint density at radius 2 is 1.70 bits per heavy atom. The first-order chi connectivity index (χ1) is 14.6. The summed E-state index contributed by atoms with van der Waals surface area (Å²) in [7, 11) is 0. The number of hydrogen-bond acceptors (Lipinski definition) is 7. The van der Waals surface area contributed by atoms with Crippen molar-refractivity contribution in [2.75, 3.05) is 49.2 Å². The van der Waals surface area contributed by atoms with Gasteiger partial charge in [-0.2, -0.15) is 9.97 Å². The van der Waals surface area contributed by atoms with Crippen LogP contribution in [-0.4, -0.2) is 71.5 Å². The number of anilines is 2. The van der Waals surface area contributed by atoms with Crippen LogP contribution in [0.25, 0.3) is 22.6 Å². The molecule has 8 nitrogen and oxygen atoms in total. The van der Waals surface area contributed by atoms with E-state index >= 15 is 0 Å². The van der Waals surface area contributed by atoms with Crippen LogP contribution in [0.3, 0.4) is 0 Å². The van der Waals surface area contributed by atoms with Gasteiger partial charge >= 0.3 is 0 Å². The van der Waals surface area contributed by atoms with E-state index in [1.165, 1.54) is 5.56 Å². The highest BCUT2D eigenvalue weighted by atomic mass is 16.5. The van der Waals surface area contributed by atoms with Gasteiger partial charge in [-0.15, -0.1) is 0 Å². The fraction of sp³-hybridized carbons (Fsp3) is 0.500. The average molecular weight is 409 g/mol. The van der Waals surface area contributed by atoms with Crippen molar-refractivity contribution >= 4 is 22.9 Å². The molecule has 0 unspecified atom stereocenters. The van der Waals surface area contributed by atoms with E-state index in [0.717, 1.165) is 48.9 Å². The van der Waals surface area contributed by atoms with E-state index in [9.17, 15) is 0 Å². The van der Waals surface area contributed by atoms with Crippen molar-refractivity contribution in [2.45, 2.75) is 33.0 Å². The number of H-pyrrole nitrogens is 1. The number of rotatable bonds is 3.